The molecule has 0 unspecified atom stereocenters. The second-order valence-electron chi connectivity index (χ2n) is 2.83. The van der Waals surface area contributed by atoms with Crippen LogP contribution in [0, 0.1) is 0 Å². The van der Waals surface area contributed by atoms with Gasteiger partial charge >= 0.3 is 0 Å². The van der Waals surface area contributed by atoms with Crippen molar-refractivity contribution < 1.29 is 9.59 Å². The predicted molar refractivity (Wildman–Crippen MR) is 57.2 cm³/mol. The summed E-state index contributed by atoms with van der Waals surface area (Å²) >= 11 is 3.28. The van der Waals surface area contributed by atoms with Gasteiger partial charge in [-0.2, -0.15) is 0 Å². The van der Waals surface area contributed by atoms with Gasteiger partial charge in [0, 0.05) is 11.5 Å². The van der Waals surface area contributed by atoms with Crippen LogP contribution in [0.3, 0.4) is 0 Å². The molecule has 0 atom stereocenters. The molecule has 0 spiro atoms. The van der Waals surface area contributed by atoms with E-state index < -0.39 is 0 Å². The number of benzene rings is 1. The van der Waals surface area contributed by atoms with Gasteiger partial charge in [-0.15, -0.1) is 0 Å². The Bertz CT molecular complexity index is 352. The lowest BCUT2D eigenvalue weighted by molar-refractivity contribution is -0.108. The van der Waals surface area contributed by atoms with E-state index in [1.165, 1.54) is 4.90 Å². The number of amides is 1. The molecule has 0 bridgehead atoms. The number of hydrogen-bond donors (Lipinski definition) is 0. The summed E-state index contributed by atoms with van der Waals surface area (Å²) in [5.74, 6) is -0.162. The molecular weight excluding hydrogens is 246 g/mol. The normalized spacial score (nSPS) is 9.57. The van der Waals surface area contributed by atoms with E-state index in [0.29, 0.717) is 11.8 Å². The molecule has 0 saturated carbocycles. The summed E-state index contributed by atoms with van der Waals surface area (Å²) < 4.78 is 0.739. The van der Waals surface area contributed by atoms with Crippen molar-refractivity contribution in [3.63, 3.8) is 0 Å². The molecule has 1 amide bonds. The van der Waals surface area contributed by atoms with Crippen LogP contribution < -0.4 is 0 Å². The van der Waals surface area contributed by atoms with Crippen molar-refractivity contribution in [2.75, 3.05) is 13.6 Å². The molecule has 0 aliphatic heterocycles. The summed E-state index contributed by atoms with van der Waals surface area (Å²) in [5, 5.41) is 0. The Morgan fingerprint density at radius 3 is 2.71 bits per heavy atom. The van der Waals surface area contributed by atoms with E-state index in [1.54, 1.807) is 25.2 Å². The van der Waals surface area contributed by atoms with Crippen LogP contribution in [-0.2, 0) is 4.79 Å². The third-order valence-electron chi connectivity index (χ3n) is 1.80. The number of halogens is 1. The molecule has 0 saturated heterocycles. The maximum absolute atomic E-state index is 11.7. The predicted octanol–water partition coefficient (Wildman–Crippen LogP) is 1.72. The molecule has 0 radical (unpaired) electrons. The van der Waals surface area contributed by atoms with Crippen molar-refractivity contribution in [3.8, 4) is 0 Å². The summed E-state index contributed by atoms with van der Waals surface area (Å²) in [6.45, 7) is 0.111. The molecular formula is C10H10BrNO2. The first-order valence-electron chi connectivity index (χ1n) is 4.10. The monoisotopic (exact) mass is 255 g/mol. The molecule has 1 aromatic carbocycles. The van der Waals surface area contributed by atoms with E-state index in [4.69, 9.17) is 0 Å². The van der Waals surface area contributed by atoms with Crippen molar-refractivity contribution in [1.82, 2.24) is 4.90 Å². The van der Waals surface area contributed by atoms with Gasteiger partial charge in [0.05, 0.1) is 12.1 Å². The lowest BCUT2D eigenvalue weighted by Crippen LogP contribution is -2.28. The number of nitrogens with zero attached hydrogens (tertiary/aromatic N) is 1. The summed E-state index contributed by atoms with van der Waals surface area (Å²) in [4.78, 5) is 23.3. The quantitative estimate of drug-likeness (QED) is 0.772. The van der Waals surface area contributed by atoms with Gasteiger partial charge in [-0.05, 0) is 28.1 Å². The Hall–Kier alpha value is -1.16. The Kier molecular flexibility index (Phi) is 3.83. The van der Waals surface area contributed by atoms with Gasteiger partial charge in [0.2, 0.25) is 0 Å². The van der Waals surface area contributed by atoms with Crippen LogP contribution in [0.5, 0.6) is 0 Å². The summed E-state index contributed by atoms with van der Waals surface area (Å²) in [7, 11) is 1.59. The largest absolute Gasteiger partial charge is 0.335 e. The van der Waals surface area contributed by atoms with E-state index in [0.717, 1.165) is 4.47 Å². The molecule has 0 N–H and O–H groups in total. The van der Waals surface area contributed by atoms with Crippen LogP contribution in [0.2, 0.25) is 0 Å². The maximum Gasteiger partial charge on any atom is 0.255 e. The number of likely N-dealkylation sites (N-methyl/N-ethyl adjacent to an activating group) is 1. The first-order valence-corrected chi connectivity index (χ1v) is 4.89. The molecule has 0 fully saturated rings. The van der Waals surface area contributed by atoms with Gasteiger partial charge in [-0.1, -0.05) is 12.1 Å². The fourth-order valence-corrected chi connectivity index (χ4v) is 1.49. The van der Waals surface area contributed by atoms with Gasteiger partial charge in [0.25, 0.3) is 5.91 Å². The number of carbonyl (C=O) groups is 2. The lowest BCUT2D eigenvalue weighted by atomic mass is 10.2. The van der Waals surface area contributed by atoms with Crippen LogP contribution in [0.15, 0.2) is 28.7 Å². The van der Waals surface area contributed by atoms with E-state index in [9.17, 15) is 9.59 Å². The molecule has 4 heteroatoms. The second-order valence-corrected chi connectivity index (χ2v) is 3.69. The van der Waals surface area contributed by atoms with E-state index in [2.05, 4.69) is 15.9 Å². The zero-order chi connectivity index (χ0) is 10.6. The molecule has 1 aromatic rings. The molecule has 1 rings (SSSR count). The van der Waals surface area contributed by atoms with Crippen molar-refractivity contribution in [3.05, 3.63) is 34.3 Å². The Morgan fingerprint density at radius 1 is 1.50 bits per heavy atom. The third kappa shape index (κ3) is 2.42. The summed E-state index contributed by atoms with van der Waals surface area (Å²) in [6, 6.07) is 7.13. The van der Waals surface area contributed by atoms with Crippen LogP contribution in [0.4, 0.5) is 0 Å². The minimum atomic E-state index is -0.162. The van der Waals surface area contributed by atoms with Crippen LogP contribution >= 0.6 is 15.9 Å². The number of rotatable bonds is 3. The summed E-state index contributed by atoms with van der Waals surface area (Å²) in [6.07, 6.45) is 0.703. The number of aldehydes is 1. The molecule has 0 aliphatic carbocycles. The molecule has 14 heavy (non-hydrogen) atoms. The average molecular weight is 256 g/mol. The fourth-order valence-electron chi connectivity index (χ4n) is 1.03. The first kappa shape index (κ1) is 10.9. The van der Waals surface area contributed by atoms with Crippen molar-refractivity contribution in [2.24, 2.45) is 0 Å². The fraction of sp³-hybridized carbons (Fsp3) is 0.200. The smallest absolute Gasteiger partial charge is 0.255 e. The highest BCUT2D eigenvalue weighted by Crippen LogP contribution is 2.16. The van der Waals surface area contributed by atoms with Crippen molar-refractivity contribution in [2.45, 2.75) is 0 Å². The van der Waals surface area contributed by atoms with Crippen LogP contribution in [0.1, 0.15) is 10.4 Å². The summed E-state index contributed by atoms with van der Waals surface area (Å²) in [5.41, 5.74) is 0.567. The third-order valence-corrected chi connectivity index (χ3v) is 2.49. The van der Waals surface area contributed by atoms with Gasteiger partial charge < -0.3 is 9.69 Å². The standard InChI is InChI=1S/C10H10BrNO2/c1-12(6-7-13)10(14)8-4-2-3-5-9(8)11/h2-5,7H,6H2,1H3. The van der Waals surface area contributed by atoms with E-state index >= 15 is 0 Å². The van der Waals surface area contributed by atoms with Gasteiger partial charge in [-0.3, -0.25) is 4.79 Å². The topological polar surface area (TPSA) is 37.4 Å². The Morgan fingerprint density at radius 2 is 2.14 bits per heavy atom. The van der Waals surface area contributed by atoms with Gasteiger partial charge in [-0.25, -0.2) is 0 Å². The Balaban J connectivity index is 2.89. The molecule has 74 valence electrons. The molecule has 3 nitrogen and oxygen atoms in total. The van der Waals surface area contributed by atoms with Crippen LogP contribution in [-0.4, -0.2) is 30.7 Å². The number of hydrogen-bond acceptors (Lipinski definition) is 2. The highest BCUT2D eigenvalue weighted by molar-refractivity contribution is 9.10. The average Bonchev–Trinajstić information content (AvgIpc) is 2.18. The lowest BCUT2D eigenvalue weighted by Gasteiger charge is -2.14. The van der Waals surface area contributed by atoms with Crippen molar-refractivity contribution >= 4 is 28.1 Å². The molecule has 0 aromatic heterocycles. The SMILES string of the molecule is CN(CC=O)C(=O)c1ccccc1Br. The first-order chi connectivity index (χ1) is 6.66. The second kappa shape index (κ2) is 4.91. The van der Waals surface area contributed by atoms with E-state index in [-0.39, 0.29) is 12.5 Å². The van der Waals surface area contributed by atoms with Crippen molar-refractivity contribution in [1.29, 1.82) is 0 Å². The minimum Gasteiger partial charge on any atom is -0.335 e. The zero-order valence-corrected chi connectivity index (χ0v) is 9.32. The highest BCUT2D eigenvalue weighted by atomic mass is 79.9. The molecule has 0 aliphatic rings. The highest BCUT2D eigenvalue weighted by Gasteiger charge is 2.13. The van der Waals surface area contributed by atoms with Gasteiger partial charge in [0.15, 0.2) is 0 Å². The minimum absolute atomic E-state index is 0.111. The van der Waals surface area contributed by atoms with Gasteiger partial charge in [0.1, 0.15) is 6.29 Å². The van der Waals surface area contributed by atoms with Crippen LogP contribution in [0.25, 0.3) is 0 Å². The Labute approximate surface area is 90.8 Å². The molecule has 0 heterocycles. The van der Waals surface area contributed by atoms with E-state index in [1.807, 2.05) is 6.07 Å². The maximum atomic E-state index is 11.7. The number of carbonyl (C=O) groups excluding carboxylic acids is 2. The zero-order valence-electron chi connectivity index (χ0n) is 7.74.